The Balaban J connectivity index is 1.45. The van der Waals surface area contributed by atoms with Gasteiger partial charge in [-0.1, -0.05) is 29.0 Å². The first-order valence-corrected chi connectivity index (χ1v) is 10.9. The summed E-state index contributed by atoms with van der Waals surface area (Å²) in [6, 6.07) is 11.2. The number of hydrogen-bond acceptors (Lipinski definition) is 7. The molecule has 3 rings (SSSR count). The summed E-state index contributed by atoms with van der Waals surface area (Å²) in [6.07, 6.45) is 1.50. The molecule has 0 spiro atoms. The van der Waals surface area contributed by atoms with Crippen LogP contribution in [0.5, 0.6) is 17.2 Å². The summed E-state index contributed by atoms with van der Waals surface area (Å²) in [7, 11) is 3.20. The van der Waals surface area contributed by atoms with Crippen molar-refractivity contribution in [3.8, 4) is 17.2 Å². The van der Waals surface area contributed by atoms with E-state index in [4.69, 9.17) is 25.8 Å². The van der Waals surface area contributed by atoms with Gasteiger partial charge in [-0.2, -0.15) is 0 Å². The van der Waals surface area contributed by atoms with Crippen LogP contribution in [0.15, 0.2) is 36.4 Å². The van der Waals surface area contributed by atoms with Gasteiger partial charge in [-0.25, -0.2) is 0 Å². The van der Waals surface area contributed by atoms with Gasteiger partial charge in [-0.15, -0.1) is 10.2 Å². The number of carbonyl (C=O) groups excluding carboxylic acids is 1. The van der Waals surface area contributed by atoms with Crippen LogP contribution in [-0.4, -0.2) is 36.9 Å². The minimum atomic E-state index is -0.120. The number of aromatic nitrogens is 2. The van der Waals surface area contributed by atoms with Crippen molar-refractivity contribution in [2.75, 3.05) is 26.1 Å². The summed E-state index contributed by atoms with van der Waals surface area (Å²) in [5.41, 5.74) is 1.98. The third kappa shape index (κ3) is 6.57. The van der Waals surface area contributed by atoms with Crippen LogP contribution in [0.3, 0.4) is 0 Å². The third-order valence-corrected chi connectivity index (χ3v) is 5.53. The molecule has 0 aliphatic heterocycles. The Bertz CT molecular complexity index is 1040. The maximum absolute atomic E-state index is 12.2. The van der Waals surface area contributed by atoms with E-state index in [1.54, 1.807) is 20.3 Å². The Labute approximate surface area is 190 Å². The van der Waals surface area contributed by atoms with Crippen LogP contribution in [0, 0.1) is 6.92 Å². The monoisotopic (exact) mass is 461 g/mol. The zero-order chi connectivity index (χ0) is 22.2. The van der Waals surface area contributed by atoms with Crippen LogP contribution in [0.25, 0.3) is 0 Å². The molecule has 0 radical (unpaired) electrons. The number of methoxy groups -OCH3 is 2. The zero-order valence-corrected chi connectivity index (χ0v) is 19.2. The van der Waals surface area contributed by atoms with Crippen LogP contribution < -0.4 is 19.5 Å². The van der Waals surface area contributed by atoms with E-state index >= 15 is 0 Å². The molecule has 2 aromatic carbocycles. The van der Waals surface area contributed by atoms with E-state index in [-0.39, 0.29) is 5.91 Å². The van der Waals surface area contributed by atoms with Crippen molar-refractivity contribution in [3.05, 3.63) is 57.6 Å². The normalized spacial score (nSPS) is 10.6. The fraction of sp³-hybridized carbons (Fsp3) is 0.318. The highest BCUT2D eigenvalue weighted by molar-refractivity contribution is 7.15. The maximum Gasteiger partial charge on any atom is 0.226 e. The number of halogens is 1. The predicted molar refractivity (Wildman–Crippen MR) is 122 cm³/mol. The van der Waals surface area contributed by atoms with Gasteiger partial charge in [0, 0.05) is 17.9 Å². The second kappa shape index (κ2) is 11.0. The van der Waals surface area contributed by atoms with Crippen LogP contribution in [0.4, 0.5) is 5.13 Å². The lowest BCUT2D eigenvalue weighted by Crippen LogP contribution is -2.12. The zero-order valence-electron chi connectivity index (χ0n) is 17.6. The average Bonchev–Trinajstić information content (AvgIpc) is 3.18. The number of carbonyl (C=O) groups is 1. The minimum Gasteiger partial charge on any atom is -0.493 e. The minimum absolute atomic E-state index is 0.120. The van der Waals surface area contributed by atoms with Gasteiger partial charge in [0.15, 0.2) is 11.5 Å². The molecule has 1 heterocycles. The van der Waals surface area contributed by atoms with Crippen LogP contribution >= 0.6 is 22.9 Å². The lowest BCUT2D eigenvalue weighted by molar-refractivity contribution is -0.116. The quantitative estimate of drug-likeness (QED) is 0.432. The first-order chi connectivity index (χ1) is 15.0. The largest absolute Gasteiger partial charge is 0.493 e. The summed E-state index contributed by atoms with van der Waals surface area (Å²) in [6.45, 7) is 2.37. The fourth-order valence-electron chi connectivity index (χ4n) is 2.91. The molecular weight excluding hydrogens is 438 g/mol. The van der Waals surface area contributed by atoms with E-state index in [1.807, 2.05) is 37.3 Å². The Kier molecular flexibility index (Phi) is 8.08. The first kappa shape index (κ1) is 22.8. The molecule has 0 unspecified atom stereocenters. The van der Waals surface area contributed by atoms with Crippen molar-refractivity contribution >= 4 is 34.0 Å². The highest BCUT2D eigenvalue weighted by atomic mass is 35.5. The number of rotatable bonds is 10. The molecule has 164 valence electrons. The van der Waals surface area contributed by atoms with E-state index in [1.165, 1.54) is 11.3 Å². The van der Waals surface area contributed by atoms with Gasteiger partial charge < -0.3 is 19.5 Å². The molecule has 0 saturated heterocycles. The third-order valence-electron chi connectivity index (χ3n) is 4.46. The highest BCUT2D eigenvalue weighted by Crippen LogP contribution is 2.29. The topological polar surface area (TPSA) is 82.6 Å². The number of amides is 1. The van der Waals surface area contributed by atoms with Crippen LogP contribution in [-0.2, 0) is 11.2 Å². The van der Waals surface area contributed by atoms with Crippen molar-refractivity contribution in [1.29, 1.82) is 0 Å². The summed E-state index contributed by atoms with van der Waals surface area (Å²) >= 11 is 7.29. The van der Waals surface area contributed by atoms with Gasteiger partial charge >= 0.3 is 0 Å². The van der Waals surface area contributed by atoms with E-state index in [0.29, 0.717) is 47.5 Å². The Morgan fingerprint density at radius 1 is 1.06 bits per heavy atom. The Morgan fingerprint density at radius 2 is 1.84 bits per heavy atom. The number of hydrogen-bond donors (Lipinski definition) is 1. The van der Waals surface area contributed by atoms with Crippen LogP contribution in [0.1, 0.15) is 29.0 Å². The van der Waals surface area contributed by atoms with Gasteiger partial charge in [-0.3, -0.25) is 4.79 Å². The first-order valence-electron chi connectivity index (χ1n) is 9.70. The summed E-state index contributed by atoms with van der Waals surface area (Å²) in [5, 5.41) is 13.0. The highest BCUT2D eigenvalue weighted by Gasteiger charge is 2.11. The predicted octanol–water partition coefficient (Wildman–Crippen LogP) is 4.91. The molecule has 1 N–H and O–H groups in total. The van der Waals surface area contributed by atoms with Crippen molar-refractivity contribution < 1.29 is 19.0 Å². The lowest BCUT2D eigenvalue weighted by Gasteiger charge is -2.09. The molecule has 9 heteroatoms. The molecule has 7 nitrogen and oxygen atoms in total. The van der Waals surface area contributed by atoms with Crippen molar-refractivity contribution in [2.45, 2.75) is 26.2 Å². The van der Waals surface area contributed by atoms with Gasteiger partial charge in [0.25, 0.3) is 0 Å². The lowest BCUT2D eigenvalue weighted by atomic mass is 10.1. The summed E-state index contributed by atoms with van der Waals surface area (Å²) < 4.78 is 16.3. The second-order valence-electron chi connectivity index (χ2n) is 6.78. The number of nitrogens with zero attached hydrogens (tertiary/aromatic N) is 2. The molecule has 31 heavy (non-hydrogen) atoms. The van der Waals surface area contributed by atoms with Gasteiger partial charge in [-0.05, 0) is 54.8 Å². The Hall–Kier alpha value is -2.84. The molecule has 0 saturated carbocycles. The molecule has 1 aromatic heterocycles. The number of nitrogens with one attached hydrogen (secondary N) is 1. The average molecular weight is 462 g/mol. The van der Waals surface area contributed by atoms with Crippen molar-refractivity contribution in [1.82, 2.24) is 10.2 Å². The molecule has 3 aromatic rings. The number of aryl methyl sites for hydroxylation is 1. The SMILES string of the molecule is COc1ccc(Cc2nnc(NC(=O)CCCOc3ccc(Cl)cc3C)s2)cc1OC. The van der Waals surface area contributed by atoms with Gasteiger partial charge in [0.2, 0.25) is 11.0 Å². The molecule has 0 aliphatic rings. The second-order valence-corrected chi connectivity index (χ2v) is 8.28. The molecule has 1 amide bonds. The van der Waals surface area contributed by atoms with Gasteiger partial charge in [0.1, 0.15) is 10.8 Å². The van der Waals surface area contributed by atoms with Gasteiger partial charge in [0.05, 0.1) is 20.8 Å². The molecule has 0 bridgehead atoms. The molecular formula is C22H24ClN3O4S. The van der Waals surface area contributed by atoms with Crippen molar-refractivity contribution in [3.63, 3.8) is 0 Å². The van der Waals surface area contributed by atoms with Crippen molar-refractivity contribution in [2.24, 2.45) is 0 Å². The summed E-state index contributed by atoms with van der Waals surface area (Å²) in [5.74, 6) is 1.99. The smallest absolute Gasteiger partial charge is 0.226 e. The van der Waals surface area contributed by atoms with E-state index in [2.05, 4.69) is 15.5 Å². The molecule has 0 atom stereocenters. The van der Waals surface area contributed by atoms with E-state index in [0.717, 1.165) is 21.9 Å². The summed E-state index contributed by atoms with van der Waals surface area (Å²) in [4.78, 5) is 12.2. The standard InChI is InChI=1S/C22H24ClN3O4S/c1-14-11-16(23)7-9-17(14)30-10-4-5-20(27)24-22-26-25-21(31-22)13-15-6-8-18(28-2)19(12-15)29-3/h6-9,11-12H,4-5,10,13H2,1-3H3,(H,24,26,27). The number of anilines is 1. The molecule has 0 fully saturated rings. The van der Waals surface area contributed by atoms with Crippen LogP contribution in [0.2, 0.25) is 5.02 Å². The van der Waals surface area contributed by atoms with E-state index in [9.17, 15) is 4.79 Å². The number of ether oxygens (including phenoxy) is 3. The number of benzene rings is 2. The fourth-order valence-corrected chi connectivity index (χ4v) is 3.93. The Morgan fingerprint density at radius 3 is 2.58 bits per heavy atom. The van der Waals surface area contributed by atoms with E-state index < -0.39 is 0 Å². The maximum atomic E-state index is 12.2. The molecule has 0 aliphatic carbocycles.